The van der Waals surface area contributed by atoms with Gasteiger partial charge in [0.05, 0.1) is 10.4 Å². The second-order valence-corrected chi connectivity index (χ2v) is 9.81. The van der Waals surface area contributed by atoms with Crippen molar-refractivity contribution < 1.29 is 22.3 Å². The first-order valence-electron chi connectivity index (χ1n) is 10.7. The van der Waals surface area contributed by atoms with Crippen molar-refractivity contribution in [1.82, 2.24) is 9.29 Å². The summed E-state index contributed by atoms with van der Waals surface area (Å²) < 4.78 is 46.2. The average molecular weight is 457 g/mol. The third-order valence-electron chi connectivity index (χ3n) is 5.68. The molecule has 1 fully saturated rings. The van der Waals surface area contributed by atoms with Gasteiger partial charge in [-0.2, -0.15) is 4.31 Å². The van der Waals surface area contributed by atoms with Gasteiger partial charge in [-0.1, -0.05) is 24.6 Å². The van der Waals surface area contributed by atoms with E-state index >= 15 is 0 Å². The van der Waals surface area contributed by atoms with Crippen LogP contribution < -0.4 is 0 Å². The zero-order valence-corrected chi connectivity index (χ0v) is 18.5. The Balaban J connectivity index is 1.32. The summed E-state index contributed by atoms with van der Waals surface area (Å²) in [6, 6.07) is 12.9. The van der Waals surface area contributed by atoms with Crippen LogP contribution in [0.1, 0.15) is 36.8 Å². The lowest BCUT2D eigenvalue weighted by Gasteiger charge is -2.25. The van der Waals surface area contributed by atoms with Gasteiger partial charge in [0.25, 0.3) is 0 Å². The fraction of sp³-hybridized carbons (Fsp3) is 0.333. The minimum Gasteiger partial charge on any atom is -0.461 e. The first-order chi connectivity index (χ1) is 15.4. The number of aryl methyl sites for hydroxylation is 1. The Bertz CT molecular complexity index is 1210. The highest BCUT2D eigenvalue weighted by Gasteiger charge is 2.25. The molecule has 0 N–H and O–H groups in total. The number of carbonyl (C=O) groups excluding carboxylic acids is 1. The number of esters is 1. The number of ether oxygens (including phenoxy) is 1. The van der Waals surface area contributed by atoms with E-state index in [1.165, 1.54) is 10.4 Å². The number of aromatic nitrogens is 1. The van der Waals surface area contributed by atoms with Crippen molar-refractivity contribution in [3.05, 3.63) is 71.7 Å². The molecule has 0 unspecified atom stereocenters. The van der Waals surface area contributed by atoms with Crippen LogP contribution in [0.2, 0.25) is 0 Å². The Labute approximate surface area is 187 Å². The number of hydrogen-bond donors (Lipinski definition) is 0. The minimum atomic E-state index is -3.46. The van der Waals surface area contributed by atoms with Gasteiger partial charge in [-0.15, -0.1) is 0 Å². The largest absolute Gasteiger partial charge is 0.461 e. The smallest absolute Gasteiger partial charge is 0.306 e. The van der Waals surface area contributed by atoms with Gasteiger partial charge in [0.2, 0.25) is 10.0 Å². The zero-order valence-electron chi connectivity index (χ0n) is 17.7. The highest BCUT2D eigenvalue weighted by molar-refractivity contribution is 7.89. The maximum absolute atomic E-state index is 13.9. The molecule has 6 nitrogen and oxygen atoms in total. The summed E-state index contributed by atoms with van der Waals surface area (Å²) in [6.07, 6.45) is 5.01. The molecular formula is C24H25FN2O4S. The third kappa shape index (κ3) is 4.97. The highest BCUT2D eigenvalue weighted by atomic mass is 32.2. The number of nitrogens with zero attached hydrogens (tertiary/aromatic N) is 2. The molecule has 0 aliphatic carbocycles. The molecule has 8 heteroatoms. The third-order valence-corrected chi connectivity index (χ3v) is 7.60. The number of rotatable bonds is 7. The first kappa shape index (κ1) is 22.4. The maximum atomic E-state index is 13.9. The molecule has 1 aliphatic rings. The van der Waals surface area contributed by atoms with E-state index in [1.54, 1.807) is 48.7 Å². The summed E-state index contributed by atoms with van der Waals surface area (Å²) in [5, 5.41) is 0.389. The molecule has 168 valence electrons. The summed E-state index contributed by atoms with van der Waals surface area (Å²) >= 11 is 0. The lowest BCUT2D eigenvalue weighted by molar-refractivity contribution is -0.144. The molecule has 1 saturated heterocycles. The molecule has 1 aromatic heterocycles. The van der Waals surface area contributed by atoms with Crippen LogP contribution in [0.3, 0.4) is 0 Å². The molecule has 4 rings (SSSR count). The topological polar surface area (TPSA) is 76.6 Å². The molecular weight excluding hydrogens is 431 g/mol. The van der Waals surface area contributed by atoms with Gasteiger partial charge >= 0.3 is 5.97 Å². The zero-order chi connectivity index (χ0) is 22.6. The highest BCUT2D eigenvalue weighted by Crippen LogP contribution is 2.22. The molecule has 0 amide bonds. The van der Waals surface area contributed by atoms with Gasteiger partial charge in [0, 0.05) is 36.7 Å². The van der Waals surface area contributed by atoms with Crippen molar-refractivity contribution >= 4 is 26.9 Å². The lowest BCUT2D eigenvalue weighted by atomic mass is 10.1. The van der Waals surface area contributed by atoms with Crippen LogP contribution in [0, 0.1) is 5.82 Å². The maximum Gasteiger partial charge on any atom is 0.306 e. The predicted octanol–water partition coefficient (Wildman–Crippen LogP) is 4.22. The fourth-order valence-electron chi connectivity index (χ4n) is 3.87. The van der Waals surface area contributed by atoms with E-state index in [2.05, 4.69) is 4.98 Å². The summed E-state index contributed by atoms with van der Waals surface area (Å²) in [4.78, 5) is 16.7. The molecule has 0 spiro atoms. The molecule has 3 aromatic rings. The number of fused-ring (bicyclic) bond motifs is 1. The number of benzene rings is 2. The van der Waals surface area contributed by atoms with Crippen LogP contribution in [-0.2, 0) is 32.6 Å². The Morgan fingerprint density at radius 2 is 1.78 bits per heavy atom. The molecule has 0 radical (unpaired) electrons. The van der Waals surface area contributed by atoms with Gasteiger partial charge in [-0.3, -0.25) is 9.78 Å². The molecule has 0 saturated carbocycles. The van der Waals surface area contributed by atoms with Gasteiger partial charge in [0.1, 0.15) is 12.4 Å². The van der Waals surface area contributed by atoms with Gasteiger partial charge < -0.3 is 4.74 Å². The molecule has 2 heterocycles. The van der Waals surface area contributed by atoms with Crippen LogP contribution in [0.15, 0.2) is 59.6 Å². The Morgan fingerprint density at radius 1 is 1.03 bits per heavy atom. The van der Waals surface area contributed by atoms with Crippen molar-refractivity contribution in [2.45, 2.75) is 43.6 Å². The summed E-state index contributed by atoms with van der Waals surface area (Å²) in [7, 11) is -3.46. The van der Waals surface area contributed by atoms with Crippen LogP contribution in [-0.4, -0.2) is 36.8 Å². The monoisotopic (exact) mass is 456 g/mol. The lowest BCUT2D eigenvalue weighted by Crippen LogP contribution is -2.35. The average Bonchev–Trinajstić information content (AvgIpc) is 2.83. The fourth-order valence-corrected chi connectivity index (χ4v) is 5.39. The summed E-state index contributed by atoms with van der Waals surface area (Å²) in [5.41, 5.74) is 1.97. The molecule has 0 bridgehead atoms. The van der Waals surface area contributed by atoms with E-state index in [9.17, 15) is 17.6 Å². The second-order valence-electron chi connectivity index (χ2n) is 7.88. The van der Waals surface area contributed by atoms with Crippen LogP contribution in [0.25, 0.3) is 10.9 Å². The predicted molar refractivity (Wildman–Crippen MR) is 119 cm³/mol. The van der Waals surface area contributed by atoms with Crippen molar-refractivity contribution in [2.24, 2.45) is 0 Å². The van der Waals surface area contributed by atoms with Crippen LogP contribution in [0.4, 0.5) is 4.39 Å². The summed E-state index contributed by atoms with van der Waals surface area (Å²) in [5.74, 6) is -0.752. The second kappa shape index (κ2) is 9.75. The molecule has 1 aliphatic heterocycles. The van der Waals surface area contributed by atoms with Gasteiger partial charge in [-0.05, 0) is 55.2 Å². The minimum absolute atomic E-state index is 0.0135. The first-order valence-corrected chi connectivity index (χ1v) is 12.2. The number of pyridine rings is 1. The Morgan fingerprint density at radius 3 is 2.53 bits per heavy atom. The number of hydrogen-bond acceptors (Lipinski definition) is 5. The van der Waals surface area contributed by atoms with Crippen LogP contribution >= 0.6 is 0 Å². The molecule has 0 atom stereocenters. The van der Waals surface area contributed by atoms with Crippen molar-refractivity contribution in [1.29, 1.82) is 0 Å². The van der Waals surface area contributed by atoms with Crippen molar-refractivity contribution in [3.8, 4) is 0 Å². The van der Waals surface area contributed by atoms with Crippen LogP contribution in [0.5, 0.6) is 0 Å². The van der Waals surface area contributed by atoms with Crippen molar-refractivity contribution in [3.63, 3.8) is 0 Å². The SMILES string of the molecule is O=C(CCc1ccc(S(=O)(=O)N2CCCCC2)cc1)OCc1ccc(F)c2cccnc12. The quantitative estimate of drug-likeness (QED) is 0.498. The Kier molecular flexibility index (Phi) is 6.81. The van der Waals surface area contributed by atoms with E-state index < -0.39 is 10.0 Å². The van der Waals surface area contributed by atoms with E-state index in [1.807, 2.05) is 0 Å². The number of piperidine rings is 1. The molecule has 32 heavy (non-hydrogen) atoms. The molecule has 2 aromatic carbocycles. The standard InChI is InChI=1S/C24H25FN2O4S/c25-22-12-9-19(24-21(22)5-4-14-26-24)17-31-23(28)13-8-18-6-10-20(11-7-18)32(29,30)27-15-2-1-3-16-27/h4-7,9-12,14H,1-3,8,13,15-17H2. The van der Waals surface area contributed by atoms with E-state index in [4.69, 9.17) is 4.74 Å². The number of halogens is 1. The van der Waals surface area contributed by atoms with E-state index in [0.29, 0.717) is 36.0 Å². The number of carbonyl (C=O) groups is 1. The Hall–Kier alpha value is -2.84. The van der Waals surface area contributed by atoms with Crippen molar-refractivity contribution in [2.75, 3.05) is 13.1 Å². The summed E-state index contributed by atoms with van der Waals surface area (Å²) in [6.45, 7) is 1.14. The normalized spacial score (nSPS) is 15.0. The van der Waals surface area contributed by atoms with E-state index in [0.717, 1.165) is 24.8 Å². The van der Waals surface area contributed by atoms with E-state index in [-0.39, 0.29) is 29.7 Å². The van der Waals surface area contributed by atoms with Gasteiger partial charge in [0.15, 0.2) is 0 Å². The van der Waals surface area contributed by atoms with Gasteiger partial charge in [-0.25, -0.2) is 12.8 Å². The number of sulfonamides is 1.